The summed E-state index contributed by atoms with van der Waals surface area (Å²) in [4.78, 5) is 30.7. The molecule has 3 rings (SSSR count). The number of rotatable bonds is 4. The Morgan fingerprint density at radius 1 is 1.35 bits per heavy atom. The van der Waals surface area contributed by atoms with Crippen molar-refractivity contribution in [2.75, 3.05) is 18.6 Å². The van der Waals surface area contributed by atoms with E-state index in [9.17, 15) is 9.59 Å². The molecule has 0 radical (unpaired) electrons. The van der Waals surface area contributed by atoms with E-state index >= 15 is 0 Å². The molecule has 0 bridgehead atoms. The maximum absolute atomic E-state index is 12.7. The van der Waals surface area contributed by atoms with Crippen LogP contribution in [0.4, 0.5) is 5.82 Å². The first kappa shape index (κ1) is 15.3. The Bertz CT molecular complexity index is 814. The van der Waals surface area contributed by atoms with Crippen molar-refractivity contribution in [3.8, 4) is 5.75 Å². The molecule has 6 nitrogen and oxygen atoms in total. The molecule has 1 aliphatic rings. The number of ether oxygens (including phenoxy) is 2. The standard InChI is InChI=1S/C17H18N2O4/c1-5-23-17(21)12-8-11-13(22-4)7-6-10-14(11)15(18-12)19(9(2)3)16(10)20/h6-9H,5H2,1-4H3. The second-order valence-electron chi connectivity index (χ2n) is 5.56. The van der Waals surface area contributed by atoms with Crippen LogP contribution >= 0.6 is 0 Å². The number of aromatic nitrogens is 1. The summed E-state index contributed by atoms with van der Waals surface area (Å²) >= 11 is 0. The number of methoxy groups -OCH3 is 1. The van der Waals surface area contributed by atoms with Gasteiger partial charge in [0.25, 0.3) is 5.91 Å². The lowest BCUT2D eigenvalue weighted by Crippen LogP contribution is -2.34. The Morgan fingerprint density at radius 3 is 2.70 bits per heavy atom. The van der Waals surface area contributed by atoms with Gasteiger partial charge in [-0.2, -0.15) is 0 Å². The molecular formula is C17H18N2O4. The number of hydrogen-bond donors (Lipinski definition) is 0. The minimum Gasteiger partial charge on any atom is -0.496 e. The van der Waals surface area contributed by atoms with Crippen LogP contribution < -0.4 is 9.64 Å². The zero-order valence-corrected chi connectivity index (χ0v) is 13.5. The summed E-state index contributed by atoms with van der Waals surface area (Å²) < 4.78 is 10.4. The van der Waals surface area contributed by atoms with Crippen LogP contribution in [0.1, 0.15) is 41.6 Å². The van der Waals surface area contributed by atoms with Crippen LogP contribution in [-0.4, -0.2) is 36.6 Å². The van der Waals surface area contributed by atoms with Crippen LogP contribution in [0.3, 0.4) is 0 Å². The van der Waals surface area contributed by atoms with E-state index in [-0.39, 0.29) is 24.2 Å². The first-order valence-corrected chi connectivity index (χ1v) is 7.52. The van der Waals surface area contributed by atoms with E-state index in [2.05, 4.69) is 4.98 Å². The van der Waals surface area contributed by atoms with Crippen LogP contribution in [0.15, 0.2) is 18.2 Å². The molecule has 0 spiro atoms. The maximum Gasteiger partial charge on any atom is 0.357 e. The van der Waals surface area contributed by atoms with Gasteiger partial charge in [0.2, 0.25) is 0 Å². The highest BCUT2D eigenvalue weighted by molar-refractivity contribution is 6.25. The first-order valence-electron chi connectivity index (χ1n) is 7.52. The smallest absolute Gasteiger partial charge is 0.357 e. The Hall–Kier alpha value is -2.63. The third kappa shape index (κ3) is 2.21. The van der Waals surface area contributed by atoms with Gasteiger partial charge in [0.05, 0.1) is 19.3 Å². The van der Waals surface area contributed by atoms with Gasteiger partial charge in [-0.3, -0.25) is 9.69 Å². The summed E-state index contributed by atoms with van der Waals surface area (Å²) in [6.07, 6.45) is 0. The summed E-state index contributed by atoms with van der Waals surface area (Å²) in [7, 11) is 1.55. The van der Waals surface area contributed by atoms with Crippen LogP contribution in [-0.2, 0) is 4.74 Å². The summed E-state index contributed by atoms with van der Waals surface area (Å²) in [6, 6.07) is 5.02. The largest absolute Gasteiger partial charge is 0.496 e. The Kier molecular flexibility index (Phi) is 3.67. The van der Waals surface area contributed by atoms with Crippen LogP contribution in [0.5, 0.6) is 5.75 Å². The Labute approximate surface area is 134 Å². The molecule has 0 unspecified atom stereocenters. The first-order chi connectivity index (χ1) is 11.0. The third-order valence-electron chi connectivity index (χ3n) is 3.83. The second-order valence-corrected chi connectivity index (χ2v) is 5.56. The van der Waals surface area contributed by atoms with Crippen LogP contribution in [0.25, 0.3) is 10.8 Å². The van der Waals surface area contributed by atoms with Gasteiger partial charge in [-0.25, -0.2) is 9.78 Å². The second kappa shape index (κ2) is 5.53. The number of nitrogens with zero attached hydrogens (tertiary/aromatic N) is 2. The van der Waals surface area contributed by atoms with Gasteiger partial charge in [0.1, 0.15) is 11.6 Å². The van der Waals surface area contributed by atoms with Gasteiger partial charge in [-0.15, -0.1) is 0 Å². The fraction of sp³-hybridized carbons (Fsp3) is 0.353. The monoisotopic (exact) mass is 314 g/mol. The summed E-state index contributed by atoms with van der Waals surface area (Å²) in [6.45, 7) is 5.82. The molecule has 0 saturated carbocycles. The molecule has 0 N–H and O–H groups in total. The number of anilines is 1. The molecule has 23 heavy (non-hydrogen) atoms. The Morgan fingerprint density at radius 2 is 2.09 bits per heavy atom. The number of benzene rings is 1. The van der Waals surface area contributed by atoms with Gasteiger partial charge in [-0.1, -0.05) is 0 Å². The van der Waals surface area contributed by atoms with Gasteiger partial charge >= 0.3 is 5.97 Å². The highest BCUT2D eigenvalue weighted by Crippen LogP contribution is 2.41. The van der Waals surface area contributed by atoms with Crippen molar-refractivity contribution >= 4 is 28.5 Å². The Balaban J connectivity index is 2.33. The topological polar surface area (TPSA) is 68.7 Å². The molecule has 1 aromatic carbocycles. The average Bonchev–Trinajstić information content (AvgIpc) is 2.81. The van der Waals surface area contributed by atoms with E-state index in [4.69, 9.17) is 9.47 Å². The van der Waals surface area contributed by atoms with E-state index in [0.29, 0.717) is 22.5 Å². The minimum atomic E-state index is -0.513. The number of carbonyl (C=O) groups excluding carboxylic acids is 2. The molecular weight excluding hydrogens is 296 g/mol. The zero-order valence-electron chi connectivity index (χ0n) is 13.5. The van der Waals surface area contributed by atoms with Crippen molar-refractivity contribution in [1.29, 1.82) is 0 Å². The molecule has 120 valence electrons. The van der Waals surface area contributed by atoms with E-state index < -0.39 is 5.97 Å². The van der Waals surface area contributed by atoms with Crippen molar-refractivity contribution < 1.29 is 19.1 Å². The molecule has 2 heterocycles. The predicted octanol–water partition coefficient (Wildman–Crippen LogP) is 2.79. The van der Waals surface area contributed by atoms with Crippen LogP contribution in [0.2, 0.25) is 0 Å². The van der Waals surface area contributed by atoms with E-state index in [1.54, 1.807) is 37.1 Å². The lowest BCUT2D eigenvalue weighted by molar-refractivity contribution is 0.0519. The lowest BCUT2D eigenvalue weighted by atomic mass is 10.1. The highest BCUT2D eigenvalue weighted by Gasteiger charge is 2.35. The fourth-order valence-electron chi connectivity index (χ4n) is 2.87. The molecule has 0 fully saturated rings. The van der Waals surface area contributed by atoms with Crippen molar-refractivity contribution in [1.82, 2.24) is 4.98 Å². The maximum atomic E-state index is 12.7. The van der Waals surface area contributed by atoms with Gasteiger partial charge < -0.3 is 9.47 Å². The molecule has 1 amide bonds. The lowest BCUT2D eigenvalue weighted by Gasteiger charge is -2.21. The van der Waals surface area contributed by atoms with Gasteiger partial charge in [0.15, 0.2) is 5.69 Å². The van der Waals surface area contributed by atoms with Crippen LogP contribution in [0, 0.1) is 0 Å². The molecule has 1 aliphatic heterocycles. The highest BCUT2D eigenvalue weighted by atomic mass is 16.5. The number of pyridine rings is 1. The van der Waals surface area contributed by atoms with E-state index in [1.165, 1.54) is 0 Å². The number of amides is 1. The molecule has 0 saturated heterocycles. The normalized spacial score (nSPS) is 13.1. The minimum absolute atomic E-state index is 0.0750. The predicted molar refractivity (Wildman–Crippen MR) is 86.2 cm³/mol. The van der Waals surface area contributed by atoms with Gasteiger partial charge in [0, 0.05) is 16.8 Å². The third-order valence-corrected chi connectivity index (χ3v) is 3.83. The van der Waals surface area contributed by atoms with E-state index in [0.717, 1.165) is 5.39 Å². The van der Waals surface area contributed by atoms with Crippen molar-refractivity contribution in [3.05, 3.63) is 29.5 Å². The van der Waals surface area contributed by atoms with Gasteiger partial charge in [-0.05, 0) is 39.0 Å². The quantitative estimate of drug-likeness (QED) is 0.812. The number of esters is 1. The molecule has 0 aliphatic carbocycles. The fourth-order valence-corrected chi connectivity index (χ4v) is 2.87. The molecule has 1 aromatic heterocycles. The number of carbonyl (C=O) groups is 2. The van der Waals surface area contributed by atoms with Crippen molar-refractivity contribution in [2.45, 2.75) is 26.8 Å². The summed E-state index contributed by atoms with van der Waals surface area (Å²) in [5, 5.41) is 1.41. The molecule has 2 aromatic rings. The van der Waals surface area contributed by atoms with Crippen molar-refractivity contribution in [3.63, 3.8) is 0 Å². The summed E-state index contributed by atoms with van der Waals surface area (Å²) in [5.41, 5.74) is 0.748. The van der Waals surface area contributed by atoms with Crippen molar-refractivity contribution in [2.24, 2.45) is 0 Å². The zero-order chi connectivity index (χ0) is 16.7. The molecule has 6 heteroatoms. The number of hydrogen-bond acceptors (Lipinski definition) is 5. The SMILES string of the molecule is CCOC(=O)c1cc2c(OC)ccc3c2c(n1)N(C(C)C)C3=O. The summed E-state index contributed by atoms with van der Waals surface area (Å²) in [5.74, 6) is 0.452. The average molecular weight is 314 g/mol. The molecule has 0 atom stereocenters. The van der Waals surface area contributed by atoms with E-state index in [1.807, 2.05) is 13.8 Å².